The molecule has 8 heteroatoms. The number of aromatic nitrogens is 5. The summed E-state index contributed by atoms with van der Waals surface area (Å²) in [6.07, 6.45) is 0. The molecule has 1 amide bonds. The van der Waals surface area contributed by atoms with E-state index in [0.717, 1.165) is 43.3 Å². The normalized spacial score (nSPS) is 19.3. The Morgan fingerprint density at radius 2 is 2.00 bits per heavy atom. The summed E-state index contributed by atoms with van der Waals surface area (Å²) >= 11 is 0. The highest BCUT2D eigenvalue weighted by molar-refractivity contribution is 5.73. The van der Waals surface area contributed by atoms with E-state index in [0.29, 0.717) is 5.82 Å². The summed E-state index contributed by atoms with van der Waals surface area (Å²) in [5.41, 5.74) is 4.52. The van der Waals surface area contributed by atoms with E-state index in [2.05, 4.69) is 46.3 Å². The van der Waals surface area contributed by atoms with E-state index in [4.69, 9.17) is 4.98 Å². The second-order valence-corrected chi connectivity index (χ2v) is 7.98. The van der Waals surface area contributed by atoms with Gasteiger partial charge in [0.1, 0.15) is 5.82 Å². The van der Waals surface area contributed by atoms with Crippen molar-refractivity contribution in [1.29, 1.82) is 0 Å². The summed E-state index contributed by atoms with van der Waals surface area (Å²) in [5, 5.41) is 15.3. The smallest absolute Gasteiger partial charge is 0.217 e. The highest BCUT2D eigenvalue weighted by atomic mass is 16.1. The fourth-order valence-electron chi connectivity index (χ4n) is 4.35. The molecule has 0 radical (unpaired) electrons. The van der Waals surface area contributed by atoms with Crippen LogP contribution in [0.1, 0.15) is 42.5 Å². The monoisotopic (exact) mass is 407 g/mol. The largest absolute Gasteiger partial charge is 0.352 e. The third-order valence-corrected chi connectivity index (χ3v) is 5.88. The number of rotatable bonds is 6. The number of benzene rings is 1. The van der Waals surface area contributed by atoms with Crippen molar-refractivity contribution in [3.63, 3.8) is 0 Å². The van der Waals surface area contributed by atoms with E-state index in [-0.39, 0.29) is 17.9 Å². The molecule has 1 aliphatic rings. The van der Waals surface area contributed by atoms with Crippen molar-refractivity contribution in [2.24, 2.45) is 0 Å². The Kier molecular flexibility index (Phi) is 5.67. The van der Waals surface area contributed by atoms with Crippen LogP contribution in [0.5, 0.6) is 0 Å². The maximum Gasteiger partial charge on any atom is 0.217 e. The predicted octanol–water partition coefficient (Wildman–Crippen LogP) is 2.41. The summed E-state index contributed by atoms with van der Waals surface area (Å²) < 4.78 is 2.05. The fraction of sp³-hybridized carbons (Fsp3) is 0.455. The van der Waals surface area contributed by atoms with Gasteiger partial charge in [-0.2, -0.15) is 10.2 Å². The van der Waals surface area contributed by atoms with Crippen molar-refractivity contribution in [3.8, 4) is 11.4 Å². The number of carbonyl (C=O) groups excluding carboxylic acids is 1. The molecule has 1 aromatic carbocycles. The maximum atomic E-state index is 11.8. The van der Waals surface area contributed by atoms with Crippen molar-refractivity contribution in [2.45, 2.75) is 52.7 Å². The molecule has 0 aliphatic carbocycles. The molecule has 3 heterocycles. The number of carbonyl (C=O) groups is 1. The third kappa shape index (κ3) is 4.00. The van der Waals surface area contributed by atoms with Crippen LogP contribution in [0.4, 0.5) is 0 Å². The summed E-state index contributed by atoms with van der Waals surface area (Å²) in [7, 11) is 0. The minimum Gasteiger partial charge on any atom is -0.352 e. The number of amides is 1. The molecule has 2 atom stereocenters. The van der Waals surface area contributed by atoms with Gasteiger partial charge in [-0.05, 0) is 20.8 Å². The van der Waals surface area contributed by atoms with Gasteiger partial charge in [-0.1, -0.05) is 30.3 Å². The van der Waals surface area contributed by atoms with Crippen LogP contribution >= 0.6 is 0 Å². The highest BCUT2D eigenvalue weighted by Gasteiger charge is 2.37. The maximum absolute atomic E-state index is 11.8. The number of likely N-dealkylation sites (tertiary alicyclic amines) is 1. The minimum atomic E-state index is -0.0270. The van der Waals surface area contributed by atoms with Gasteiger partial charge >= 0.3 is 0 Å². The molecule has 0 spiro atoms. The fourth-order valence-corrected chi connectivity index (χ4v) is 4.35. The zero-order valence-electron chi connectivity index (χ0n) is 18.0. The Balaban J connectivity index is 1.56. The quantitative estimate of drug-likeness (QED) is 0.655. The molecular formula is C22H29N7O. The second-order valence-electron chi connectivity index (χ2n) is 7.98. The van der Waals surface area contributed by atoms with Crippen LogP contribution in [0.2, 0.25) is 0 Å². The number of hydrogen-bond acceptors (Lipinski definition) is 5. The molecule has 0 saturated carbocycles. The first-order chi connectivity index (χ1) is 14.5. The van der Waals surface area contributed by atoms with E-state index < -0.39 is 0 Å². The van der Waals surface area contributed by atoms with E-state index in [1.807, 2.05) is 35.0 Å². The number of aryl methyl sites for hydroxylation is 2. The van der Waals surface area contributed by atoms with Crippen LogP contribution in [0.15, 0.2) is 30.3 Å². The second kappa shape index (κ2) is 8.39. The summed E-state index contributed by atoms with van der Waals surface area (Å²) in [5.74, 6) is 1.52. The number of hydrogen-bond donors (Lipinski definition) is 2. The average molecular weight is 408 g/mol. The minimum absolute atomic E-state index is 0.0131. The first kappa shape index (κ1) is 20.3. The zero-order valence-corrected chi connectivity index (χ0v) is 18.0. The highest BCUT2D eigenvalue weighted by Crippen LogP contribution is 2.29. The molecule has 2 aromatic heterocycles. The summed E-state index contributed by atoms with van der Waals surface area (Å²) in [6, 6.07) is 9.91. The van der Waals surface area contributed by atoms with Gasteiger partial charge in [-0.25, -0.2) is 4.98 Å². The summed E-state index contributed by atoms with van der Waals surface area (Å²) in [4.78, 5) is 19.0. The third-order valence-electron chi connectivity index (χ3n) is 5.88. The lowest BCUT2D eigenvalue weighted by atomic mass is 10.0. The SMILES string of the molecule is CCn1nc(C)c(CN2C[C@@H](NC(C)=O)[C@H](c3nc(-c4ccccc4)n[nH]3)C2)c1C. The molecule has 0 bridgehead atoms. The van der Waals surface area contributed by atoms with Crippen LogP contribution in [-0.2, 0) is 17.9 Å². The lowest BCUT2D eigenvalue weighted by molar-refractivity contribution is -0.119. The molecule has 8 nitrogen and oxygen atoms in total. The number of H-pyrrole nitrogens is 1. The Bertz CT molecular complexity index is 1020. The molecule has 30 heavy (non-hydrogen) atoms. The first-order valence-corrected chi connectivity index (χ1v) is 10.5. The van der Waals surface area contributed by atoms with Crippen LogP contribution in [0.3, 0.4) is 0 Å². The van der Waals surface area contributed by atoms with Crippen LogP contribution < -0.4 is 5.32 Å². The standard InChI is InChI=1S/C22H29N7O/c1-5-29-15(3)18(14(2)27-29)11-28-12-19(20(13-28)23-16(4)30)22-24-21(25-26-22)17-9-7-6-8-10-17/h6-10,19-20H,5,11-13H2,1-4H3,(H,23,30)(H,24,25,26)/t19-,20-/m1/s1. The van der Waals surface area contributed by atoms with E-state index in [1.54, 1.807) is 6.92 Å². The van der Waals surface area contributed by atoms with Gasteiger partial charge in [0.25, 0.3) is 0 Å². The molecule has 1 fully saturated rings. The van der Waals surface area contributed by atoms with Gasteiger partial charge in [0.2, 0.25) is 5.91 Å². The van der Waals surface area contributed by atoms with Crippen molar-refractivity contribution in [3.05, 3.63) is 53.1 Å². The Hall–Kier alpha value is -3.00. The number of nitrogens with one attached hydrogen (secondary N) is 2. The zero-order chi connectivity index (χ0) is 21.3. The van der Waals surface area contributed by atoms with E-state index in [1.165, 1.54) is 11.3 Å². The van der Waals surface area contributed by atoms with Gasteiger partial charge in [0.15, 0.2) is 5.82 Å². The molecule has 1 saturated heterocycles. The van der Waals surface area contributed by atoms with Crippen molar-refractivity contribution >= 4 is 5.91 Å². The summed E-state index contributed by atoms with van der Waals surface area (Å²) in [6.45, 7) is 11.1. The Morgan fingerprint density at radius 3 is 2.67 bits per heavy atom. The van der Waals surface area contributed by atoms with Gasteiger partial charge < -0.3 is 5.32 Å². The van der Waals surface area contributed by atoms with Crippen LogP contribution in [0, 0.1) is 13.8 Å². The molecule has 3 aromatic rings. The average Bonchev–Trinajstić information content (AvgIpc) is 3.42. The van der Waals surface area contributed by atoms with Gasteiger partial charge in [-0.15, -0.1) is 0 Å². The van der Waals surface area contributed by atoms with Crippen molar-refractivity contribution in [1.82, 2.24) is 35.2 Å². The molecule has 2 N–H and O–H groups in total. The Morgan fingerprint density at radius 1 is 1.23 bits per heavy atom. The Labute approximate surface area is 176 Å². The van der Waals surface area contributed by atoms with E-state index >= 15 is 0 Å². The molecular weight excluding hydrogens is 378 g/mol. The van der Waals surface area contributed by atoms with Gasteiger partial charge in [0.05, 0.1) is 17.7 Å². The molecule has 0 unspecified atom stereocenters. The molecule has 158 valence electrons. The van der Waals surface area contributed by atoms with Crippen molar-refractivity contribution in [2.75, 3.05) is 13.1 Å². The van der Waals surface area contributed by atoms with Gasteiger partial charge in [0, 0.05) is 49.9 Å². The topological polar surface area (TPSA) is 91.7 Å². The lowest BCUT2D eigenvalue weighted by Crippen LogP contribution is -2.38. The predicted molar refractivity (Wildman–Crippen MR) is 115 cm³/mol. The number of aromatic amines is 1. The van der Waals surface area contributed by atoms with Gasteiger partial charge in [-0.3, -0.25) is 19.5 Å². The first-order valence-electron chi connectivity index (χ1n) is 10.5. The van der Waals surface area contributed by atoms with Crippen LogP contribution in [-0.4, -0.2) is 54.9 Å². The van der Waals surface area contributed by atoms with Crippen molar-refractivity contribution < 1.29 is 4.79 Å². The number of nitrogens with zero attached hydrogens (tertiary/aromatic N) is 5. The molecule has 1 aliphatic heterocycles. The van der Waals surface area contributed by atoms with E-state index in [9.17, 15) is 4.79 Å². The van der Waals surface area contributed by atoms with Crippen LogP contribution in [0.25, 0.3) is 11.4 Å². The lowest BCUT2D eigenvalue weighted by Gasteiger charge is -2.17. The molecule has 4 rings (SSSR count).